The highest BCUT2D eigenvalue weighted by Gasteiger charge is 2.15. The van der Waals surface area contributed by atoms with E-state index < -0.39 is 17.5 Å². The molecule has 0 aliphatic carbocycles. The molecular formula is C14H10BrClF2N2O. The number of rotatable bonds is 3. The second-order valence-corrected chi connectivity index (χ2v) is 5.32. The molecule has 0 atom stereocenters. The first-order chi connectivity index (χ1) is 9.93. The van der Waals surface area contributed by atoms with E-state index in [-0.39, 0.29) is 11.3 Å². The van der Waals surface area contributed by atoms with Crippen molar-refractivity contribution in [2.45, 2.75) is 0 Å². The molecule has 0 aromatic heterocycles. The number of anilines is 2. The van der Waals surface area contributed by atoms with E-state index in [1.165, 1.54) is 7.05 Å². The quantitative estimate of drug-likeness (QED) is 0.818. The van der Waals surface area contributed by atoms with E-state index in [1.54, 1.807) is 18.2 Å². The summed E-state index contributed by atoms with van der Waals surface area (Å²) >= 11 is 9.14. The van der Waals surface area contributed by atoms with Gasteiger partial charge in [0, 0.05) is 12.6 Å². The molecule has 2 aromatic rings. The minimum absolute atomic E-state index is 0.129. The van der Waals surface area contributed by atoms with Gasteiger partial charge < -0.3 is 10.6 Å². The van der Waals surface area contributed by atoms with Crippen molar-refractivity contribution >= 4 is 44.8 Å². The van der Waals surface area contributed by atoms with E-state index >= 15 is 0 Å². The van der Waals surface area contributed by atoms with Gasteiger partial charge in [0.25, 0.3) is 5.91 Å². The molecule has 1 amide bonds. The molecule has 21 heavy (non-hydrogen) atoms. The fourth-order valence-electron chi connectivity index (χ4n) is 1.74. The summed E-state index contributed by atoms with van der Waals surface area (Å²) < 4.78 is 27.8. The Balaban J connectivity index is 2.31. The van der Waals surface area contributed by atoms with Gasteiger partial charge in [-0.3, -0.25) is 4.79 Å². The first kappa shape index (κ1) is 15.7. The topological polar surface area (TPSA) is 41.1 Å². The molecule has 0 spiro atoms. The van der Waals surface area contributed by atoms with Crippen LogP contribution in [0, 0.1) is 11.6 Å². The largest absolute Gasteiger partial charge is 0.383 e. The smallest absolute Gasteiger partial charge is 0.255 e. The van der Waals surface area contributed by atoms with Crippen LogP contribution in [0.15, 0.2) is 34.8 Å². The standard InChI is InChI=1S/C14H10BrClF2N2O/c1-19-13-9(17)5-7(6-10(13)18)14(21)20-11-4-2-3-8(16)12(11)15/h2-6,19H,1H3,(H,20,21). The average molecular weight is 376 g/mol. The SMILES string of the molecule is CNc1c(F)cc(C(=O)Nc2cccc(Cl)c2Br)cc1F. The molecule has 0 saturated heterocycles. The summed E-state index contributed by atoms with van der Waals surface area (Å²) in [6, 6.07) is 6.82. The van der Waals surface area contributed by atoms with E-state index in [0.29, 0.717) is 15.2 Å². The Morgan fingerprint density at radius 2 is 1.86 bits per heavy atom. The summed E-state index contributed by atoms with van der Waals surface area (Å²) in [5.41, 5.74) is -0.00243. The number of halogens is 4. The van der Waals surface area contributed by atoms with Gasteiger partial charge >= 0.3 is 0 Å². The fraction of sp³-hybridized carbons (Fsp3) is 0.0714. The molecule has 2 N–H and O–H groups in total. The Hall–Kier alpha value is -1.66. The first-order valence-corrected chi connectivity index (χ1v) is 7.03. The third-order valence-corrected chi connectivity index (χ3v) is 4.15. The van der Waals surface area contributed by atoms with Crippen molar-refractivity contribution in [3.63, 3.8) is 0 Å². The predicted molar refractivity (Wildman–Crippen MR) is 83.0 cm³/mol. The number of amides is 1. The molecule has 0 saturated carbocycles. The lowest BCUT2D eigenvalue weighted by atomic mass is 10.1. The Bertz CT molecular complexity index is 686. The summed E-state index contributed by atoms with van der Waals surface area (Å²) in [5.74, 6) is -2.32. The van der Waals surface area contributed by atoms with E-state index in [4.69, 9.17) is 11.6 Å². The van der Waals surface area contributed by atoms with Crippen LogP contribution in [0.4, 0.5) is 20.2 Å². The zero-order chi connectivity index (χ0) is 15.6. The van der Waals surface area contributed by atoms with Crippen molar-refractivity contribution in [1.29, 1.82) is 0 Å². The normalized spacial score (nSPS) is 10.3. The Morgan fingerprint density at radius 1 is 1.24 bits per heavy atom. The van der Waals surface area contributed by atoms with Crippen molar-refractivity contribution in [1.82, 2.24) is 0 Å². The van der Waals surface area contributed by atoms with Crippen LogP contribution in [0.25, 0.3) is 0 Å². The number of benzene rings is 2. The molecule has 0 heterocycles. The van der Waals surface area contributed by atoms with Crippen LogP contribution in [0.3, 0.4) is 0 Å². The van der Waals surface area contributed by atoms with Gasteiger partial charge in [0.2, 0.25) is 0 Å². The van der Waals surface area contributed by atoms with Gasteiger partial charge in [-0.2, -0.15) is 0 Å². The van der Waals surface area contributed by atoms with Crippen LogP contribution >= 0.6 is 27.5 Å². The maximum absolute atomic E-state index is 13.6. The summed E-state index contributed by atoms with van der Waals surface area (Å²) in [6.07, 6.45) is 0. The highest BCUT2D eigenvalue weighted by Crippen LogP contribution is 2.30. The summed E-state index contributed by atoms with van der Waals surface area (Å²) in [6.45, 7) is 0. The third-order valence-electron chi connectivity index (χ3n) is 2.75. The number of carbonyl (C=O) groups is 1. The second kappa shape index (κ2) is 6.41. The Morgan fingerprint density at radius 3 is 2.43 bits per heavy atom. The molecule has 110 valence electrons. The van der Waals surface area contributed by atoms with Gasteiger partial charge in [-0.15, -0.1) is 0 Å². The van der Waals surface area contributed by atoms with Crippen LogP contribution in [0.1, 0.15) is 10.4 Å². The lowest BCUT2D eigenvalue weighted by Crippen LogP contribution is -2.13. The highest BCUT2D eigenvalue weighted by atomic mass is 79.9. The zero-order valence-corrected chi connectivity index (χ0v) is 13.1. The lowest BCUT2D eigenvalue weighted by molar-refractivity contribution is 0.102. The third kappa shape index (κ3) is 3.33. The predicted octanol–water partition coefficient (Wildman–Crippen LogP) is 4.67. The van der Waals surface area contributed by atoms with Gasteiger partial charge in [-0.05, 0) is 40.2 Å². The first-order valence-electron chi connectivity index (χ1n) is 5.86. The van der Waals surface area contributed by atoms with Gasteiger partial charge in [-0.1, -0.05) is 17.7 Å². The minimum Gasteiger partial charge on any atom is -0.383 e. The number of hydrogen-bond donors (Lipinski definition) is 2. The molecule has 0 aliphatic heterocycles. The van der Waals surface area contributed by atoms with Crippen LogP contribution in [0.5, 0.6) is 0 Å². The van der Waals surface area contributed by atoms with E-state index in [1.807, 2.05) is 0 Å². The molecule has 7 heteroatoms. The van der Waals surface area contributed by atoms with E-state index in [9.17, 15) is 13.6 Å². The van der Waals surface area contributed by atoms with E-state index in [0.717, 1.165) is 12.1 Å². The van der Waals surface area contributed by atoms with Crippen molar-refractivity contribution in [2.75, 3.05) is 17.7 Å². The Kier molecular flexibility index (Phi) is 4.80. The molecule has 2 aromatic carbocycles. The monoisotopic (exact) mass is 374 g/mol. The van der Waals surface area contributed by atoms with Crippen molar-refractivity contribution in [3.8, 4) is 0 Å². The molecule has 3 nitrogen and oxygen atoms in total. The zero-order valence-electron chi connectivity index (χ0n) is 10.8. The van der Waals surface area contributed by atoms with Crippen molar-refractivity contribution < 1.29 is 13.6 Å². The second-order valence-electron chi connectivity index (χ2n) is 4.12. The van der Waals surface area contributed by atoms with Gasteiger partial charge in [0.15, 0.2) is 0 Å². The van der Waals surface area contributed by atoms with Crippen molar-refractivity contribution in [3.05, 3.63) is 57.0 Å². The number of nitrogens with one attached hydrogen (secondary N) is 2. The Labute approximate surface area is 133 Å². The summed E-state index contributed by atoms with van der Waals surface area (Å²) in [7, 11) is 1.39. The van der Waals surface area contributed by atoms with E-state index in [2.05, 4.69) is 26.6 Å². The van der Waals surface area contributed by atoms with Gasteiger partial charge in [-0.25, -0.2) is 8.78 Å². The minimum atomic E-state index is -0.840. The van der Waals surface area contributed by atoms with Gasteiger partial charge in [0.05, 0.1) is 15.2 Å². The molecule has 2 rings (SSSR count). The van der Waals surface area contributed by atoms with Crippen LogP contribution in [0.2, 0.25) is 5.02 Å². The van der Waals surface area contributed by atoms with Crippen LogP contribution in [-0.2, 0) is 0 Å². The summed E-state index contributed by atoms with van der Waals surface area (Å²) in [4.78, 5) is 12.1. The summed E-state index contributed by atoms with van der Waals surface area (Å²) in [5, 5.41) is 5.34. The van der Waals surface area contributed by atoms with Crippen LogP contribution in [-0.4, -0.2) is 13.0 Å². The maximum atomic E-state index is 13.6. The number of hydrogen-bond acceptors (Lipinski definition) is 2. The molecular weight excluding hydrogens is 366 g/mol. The van der Waals surface area contributed by atoms with Gasteiger partial charge in [0.1, 0.15) is 17.3 Å². The molecule has 0 aliphatic rings. The molecule has 0 fully saturated rings. The lowest BCUT2D eigenvalue weighted by Gasteiger charge is -2.10. The molecule has 0 unspecified atom stereocenters. The molecule has 0 bridgehead atoms. The van der Waals surface area contributed by atoms with Crippen LogP contribution < -0.4 is 10.6 Å². The highest BCUT2D eigenvalue weighted by molar-refractivity contribution is 9.10. The molecule has 0 radical (unpaired) electrons. The maximum Gasteiger partial charge on any atom is 0.255 e. The average Bonchev–Trinajstić information content (AvgIpc) is 2.43. The number of carbonyl (C=O) groups excluding carboxylic acids is 1. The van der Waals surface area contributed by atoms with Crippen molar-refractivity contribution in [2.24, 2.45) is 0 Å². The fourth-order valence-corrected chi connectivity index (χ4v) is 2.28.